The maximum atomic E-state index is 10.8. The van der Waals surface area contributed by atoms with Crippen LogP contribution in [0.4, 0.5) is 5.69 Å². The summed E-state index contributed by atoms with van der Waals surface area (Å²) < 4.78 is 5.31. The zero-order valence-electron chi connectivity index (χ0n) is 11.5. The molecule has 6 nitrogen and oxygen atoms in total. The minimum Gasteiger partial charge on any atom is -0.546 e. The van der Waals surface area contributed by atoms with Crippen molar-refractivity contribution in [2.75, 3.05) is 13.1 Å². The molecule has 2 rings (SSSR count). The maximum Gasteiger partial charge on any atom is 0.138 e. The molecule has 0 spiro atoms. The molecule has 1 atom stereocenters. The number of aliphatic carboxylic acids is 1. The molecule has 0 aromatic heterocycles. The Morgan fingerprint density at radius 3 is 2.55 bits per heavy atom. The summed E-state index contributed by atoms with van der Waals surface area (Å²) in [5, 5.41) is 21.0. The molecule has 1 aromatic carbocycles. The molecule has 0 bridgehead atoms. The zero-order chi connectivity index (χ0) is 14.4. The number of carboxylic acids is 1. The second kappa shape index (κ2) is 6.88. The number of hydrogen-bond donors (Lipinski definition) is 0. The SMILES string of the molecule is CCC(Oc1ccc(N=NN2CCCC2)cc1)C(=O)[O-]. The van der Waals surface area contributed by atoms with E-state index in [4.69, 9.17) is 4.74 Å². The Balaban J connectivity index is 1.93. The van der Waals surface area contributed by atoms with Crippen LogP contribution in [0.25, 0.3) is 0 Å². The van der Waals surface area contributed by atoms with Gasteiger partial charge in [-0.15, -0.1) is 5.11 Å². The molecule has 6 heteroatoms. The van der Waals surface area contributed by atoms with Crippen molar-refractivity contribution in [3.8, 4) is 5.75 Å². The maximum absolute atomic E-state index is 10.8. The zero-order valence-corrected chi connectivity index (χ0v) is 11.5. The van der Waals surface area contributed by atoms with Crippen LogP contribution in [-0.2, 0) is 4.79 Å². The fourth-order valence-electron chi connectivity index (χ4n) is 1.96. The van der Waals surface area contributed by atoms with Crippen LogP contribution in [0.1, 0.15) is 26.2 Å². The van der Waals surface area contributed by atoms with Crippen LogP contribution in [0.15, 0.2) is 34.6 Å². The van der Waals surface area contributed by atoms with E-state index in [1.54, 1.807) is 31.2 Å². The van der Waals surface area contributed by atoms with E-state index in [-0.39, 0.29) is 0 Å². The van der Waals surface area contributed by atoms with Gasteiger partial charge in [0.15, 0.2) is 0 Å². The van der Waals surface area contributed by atoms with Gasteiger partial charge in [0.1, 0.15) is 11.9 Å². The van der Waals surface area contributed by atoms with E-state index < -0.39 is 12.1 Å². The van der Waals surface area contributed by atoms with E-state index in [1.165, 1.54) is 0 Å². The summed E-state index contributed by atoms with van der Waals surface area (Å²) in [6.45, 7) is 3.64. The second-order valence-corrected chi connectivity index (χ2v) is 4.68. The highest BCUT2D eigenvalue weighted by molar-refractivity contribution is 5.70. The molecular weight excluding hydrogens is 258 g/mol. The number of ether oxygens (including phenoxy) is 1. The summed E-state index contributed by atoms with van der Waals surface area (Å²) in [5.41, 5.74) is 0.714. The number of benzene rings is 1. The number of carboxylic acid groups (broad SMARTS) is 1. The molecule has 1 aliphatic heterocycles. The molecule has 0 radical (unpaired) electrons. The van der Waals surface area contributed by atoms with Gasteiger partial charge in [0.2, 0.25) is 0 Å². The van der Waals surface area contributed by atoms with Crippen LogP contribution in [-0.4, -0.2) is 30.2 Å². The molecule has 1 aliphatic rings. The lowest BCUT2D eigenvalue weighted by molar-refractivity contribution is -0.313. The highest BCUT2D eigenvalue weighted by Gasteiger charge is 2.09. The first kappa shape index (κ1) is 14.3. The first-order valence-electron chi connectivity index (χ1n) is 6.83. The first-order chi connectivity index (χ1) is 9.69. The molecule has 0 aliphatic carbocycles. The summed E-state index contributed by atoms with van der Waals surface area (Å²) in [5.74, 6) is -0.716. The van der Waals surface area contributed by atoms with Crippen LogP contribution in [0.3, 0.4) is 0 Å². The highest BCUT2D eigenvalue weighted by atomic mass is 16.5. The third-order valence-corrected chi connectivity index (χ3v) is 3.12. The van der Waals surface area contributed by atoms with Gasteiger partial charge < -0.3 is 14.6 Å². The van der Waals surface area contributed by atoms with Gasteiger partial charge in [-0.1, -0.05) is 12.1 Å². The van der Waals surface area contributed by atoms with Gasteiger partial charge >= 0.3 is 0 Å². The standard InChI is InChI=1S/C14H19N3O3/c1-2-13(14(18)19)20-12-7-5-11(6-8-12)15-16-17-9-3-4-10-17/h5-8,13H,2-4,9-10H2,1H3,(H,18,19)/p-1. The number of hydrogen-bond acceptors (Lipinski definition) is 5. The quantitative estimate of drug-likeness (QED) is 0.741. The number of carbonyl (C=O) groups is 1. The highest BCUT2D eigenvalue weighted by Crippen LogP contribution is 2.20. The van der Waals surface area contributed by atoms with Crippen molar-refractivity contribution in [2.24, 2.45) is 10.3 Å². The average Bonchev–Trinajstić information content (AvgIpc) is 2.96. The Morgan fingerprint density at radius 2 is 2.00 bits per heavy atom. The van der Waals surface area contributed by atoms with Gasteiger partial charge in [0, 0.05) is 13.1 Å². The number of rotatable bonds is 6. The van der Waals surface area contributed by atoms with Crippen LogP contribution in [0.5, 0.6) is 5.75 Å². The van der Waals surface area contributed by atoms with Gasteiger partial charge in [-0.3, -0.25) is 5.01 Å². The van der Waals surface area contributed by atoms with Crippen molar-refractivity contribution >= 4 is 11.7 Å². The summed E-state index contributed by atoms with van der Waals surface area (Å²) in [6, 6.07) is 6.86. The lowest BCUT2D eigenvalue weighted by Crippen LogP contribution is -2.39. The summed E-state index contributed by atoms with van der Waals surface area (Å²) in [4.78, 5) is 10.8. The van der Waals surface area contributed by atoms with Crippen molar-refractivity contribution in [3.63, 3.8) is 0 Å². The fraction of sp³-hybridized carbons (Fsp3) is 0.500. The third-order valence-electron chi connectivity index (χ3n) is 3.12. The van der Waals surface area contributed by atoms with Crippen molar-refractivity contribution in [2.45, 2.75) is 32.3 Å². The van der Waals surface area contributed by atoms with E-state index in [0.717, 1.165) is 25.9 Å². The molecular formula is C14H18N3O3-. The van der Waals surface area contributed by atoms with Crippen molar-refractivity contribution in [1.29, 1.82) is 0 Å². The van der Waals surface area contributed by atoms with Crippen LogP contribution in [0, 0.1) is 0 Å². The molecule has 0 amide bonds. The van der Waals surface area contributed by atoms with Gasteiger partial charge in [0.25, 0.3) is 0 Å². The molecule has 0 N–H and O–H groups in total. The van der Waals surface area contributed by atoms with Gasteiger partial charge in [0.05, 0.1) is 11.7 Å². The second-order valence-electron chi connectivity index (χ2n) is 4.68. The van der Waals surface area contributed by atoms with Crippen LogP contribution in [0.2, 0.25) is 0 Å². The average molecular weight is 276 g/mol. The molecule has 1 saturated heterocycles. The number of nitrogens with zero attached hydrogens (tertiary/aromatic N) is 3. The molecule has 0 saturated carbocycles. The smallest absolute Gasteiger partial charge is 0.138 e. The Kier molecular flexibility index (Phi) is 4.92. The van der Waals surface area contributed by atoms with E-state index in [2.05, 4.69) is 10.3 Å². The topological polar surface area (TPSA) is 77.3 Å². The Bertz CT molecular complexity index is 467. The largest absolute Gasteiger partial charge is 0.546 e. The third kappa shape index (κ3) is 3.94. The van der Waals surface area contributed by atoms with Crippen molar-refractivity contribution in [3.05, 3.63) is 24.3 Å². The number of carbonyl (C=O) groups excluding carboxylic acids is 1. The first-order valence-corrected chi connectivity index (χ1v) is 6.83. The summed E-state index contributed by atoms with van der Waals surface area (Å²) in [7, 11) is 0. The van der Waals surface area contributed by atoms with Gasteiger partial charge in [-0.05, 0) is 43.5 Å². The van der Waals surface area contributed by atoms with E-state index in [9.17, 15) is 9.90 Å². The monoisotopic (exact) mass is 276 g/mol. The minimum atomic E-state index is -1.20. The normalized spacial score (nSPS) is 16.6. The van der Waals surface area contributed by atoms with Crippen molar-refractivity contribution < 1.29 is 14.6 Å². The molecule has 20 heavy (non-hydrogen) atoms. The summed E-state index contributed by atoms with van der Waals surface area (Å²) >= 11 is 0. The Morgan fingerprint density at radius 1 is 1.35 bits per heavy atom. The molecule has 1 unspecified atom stereocenters. The molecule has 108 valence electrons. The Hall–Kier alpha value is -2.11. The molecule has 1 heterocycles. The van der Waals surface area contributed by atoms with Gasteiger partial charge in [-0.2, -0.15) is 0 Å². The van der Waals surface area contributed by atoms with Crippen LogP contribution < -0.4 is 9.84 Å². The van der Waals surface area contributed by atoms with E-state index in [1.807, 2.05) is 5.01 Å². The predicted octanol–water partition coefficient (Wildman–Crippen LogP) is 1.69. The molecule has 1 aromatic rings. The van der Waals surface area contributed by atoms with Crippen LogP contribution >= 0.6 is 0 Å². The lowest BCUT2D eigenvalue weighted by atomic mass is 10.2. The predicted molar refractivity (Wildman–Crippen MR) is 71.5 cm³/mol. The summed E-state index contributed by atoms with van der Waals surface area (Å²) in [6.07, 6.45) is 1.76. The molecule has 1 fully saturated rings. The van der Waals surface area contributed by atoms with Gasteiger partial charge in [-0.25, -0.2) is 0 Å². The van der Waals surface area contributed by atoms with Crippen molar-refractivity contribution in [1.82, 2.24) is 5.01 Å². The van der Waals surface area contributed by atoms with E-state index >= 15 is 0 Å². The minimum absolute atomic E-state index is 0.360. The Labute approximate surface area is 118 Å². The lowest BCUT2D eigenvalue weighted by Gasteiger charge is -2.18. The fourth-order valence-corrected chi connectivity index (χ4v) is 1.96. The van der Waals surface area contributed by atoms with E-state index in [0.29, 0.717) is 17.9 Å².